The summed E-state index contributed by atoms with van der Waals surface area (Å²) in [4.78, 5) is 34.8. The molecule has 0 radical (unpaired) electrons. The van der Waals surface area contributed by atoms with Gasteiger partial charge in [0.15, 0.2) is 17.3 Å². The summed E-state index contributed by atoms with van der Waals surface area (Å²) >= 11 is 0. The Hall–Kier alpha value is -3.40. The number of benzene rings is 1. The lowest BCUT2D eigenvalue weighted by molar-refractivity contribution is -0.120. The van der Waals surface area contributed by atoms with E-state index in [1.165, 1.54) is 0 Å². The second-order valence-corrected chi connectivity index (χ2v) is 7.32. The van der Waals surface area contributed by atoms with Gasteiger partial charge in [0.05, 0.1) is 18.8 Å². The first kappa shape index (κ1) is 25.9. The number of nitrogens with two attached hydrogens (primary N) is 1. The molecule has 1 heterocycles. The molecule has 0 aliphatic carbocycles. The fourth-order valence-electron chi connectivity index (χ4n) is 3.25. The molecular weight excluding hydrogens is 422 g/mol. The highest BCUT2D eigenvalue weighted by atomic mass is 16.5. The normalized spacial score (nSPS) is 10.5. The third-order valence-corrected chi connectivity index (χ3v) is 4.92. The zero-order chi connectivity index (χ0) is 24.2. The van der Waals surface area contributed by atoms with Gasteiger partial charge < -0.3 is 31.3 Å². The molecule has 0 fully saturated rings. The van der Waals surface area contributed by atoms with Crippen LogP contribution in [0.3, 0.4) is 0 Å². The maximum Gasteiger partial charge on any atom is 0.271 e. The van der Waals surface area contributed by atoms with Gasteiger partial charge in [-0.2, -0.15) is 0 Å². The summed E-state index contributed by atoms with van der Waals surface area (Å²) in [5, 5.41) is 8.78. The van der Waals surface area contributed by atoms with Crippen LogP contribution in [0.1, 0.15) is 43.4 Å². The summed E-state index contributed by atoms with van der Waals surface area (Å²) in [6, 6.07) is 7.35. The van der Waals surface area contributed by atoms with Crippen LogP contribution in [-0.4, -0.2) is 61.6 Å². The number of rotatable bonds is 14. The molecule has 1 aromatic carbocycles. The summed E-state index contributed by atoms with van der Waals surface area (Å²) in [7, 11) is 1.73. The van der Waals surface area contributed by atoms with Crippen LogP contribution in [0.2, 0.25) is 0 Å². The van der Waals surface area contributed by atoms with Crippen LogP contribution in [0.4, 0.5) is 17.3 Å². The molecule has 0 saturated heterocycles. The highest BCUT2D eigenvalue weighted by Gasteiger charge is 2.19. The van der Waals surface area contributed by atoms with E-state index < -0.39 is 5.91 Å². The molecule has 180 valence electrons. The molecule has 0 bridgehead atoms. The third kappa shape index (κ3) is 7.60. The topological polar surface area (TPSA) is 134 Å². The van der Waals surface area contributed by atoms with Crippen molar-refractivity contribution in [3.63, 3.8) is 0 Å². The van der Waals surface area contributed by atoms with Crippen molar-refractivity contribution in [2.75, 3.05) is 50.1 Å². The van der Waals surface area contributed by atoms with E-state index in [0.717, 1.165) is 24.6 Å². The number of carbonyl (C=O) groups excluding carboxylic acids is 2. The van der Waals surface area contributed by atoms with Gasteiger partial charge in [0.2, 0.25) is 5.91 Å². The van der Waals surface area contributed by atoms with E-state index in [9.17, 15) is 9.59 Å². The van der Waals surface area contributed by atoms with Crippen LogP contribution in [0.5, 0.6) is 5.75 Å². The maximum atomic E-state index is 12.1. The van der Waals surface area contributed by atoms with Crippen molar-refractivity contribution in [2.45, 2.75) is 33.6 Å². The van der Waals surface area contributed by atoms with Gasteiger partial charge in [0.25, 0.3) is 5.91 Å². The fraction of sp³-hybridized carbons (Fsp3) is 0.478. The lowest BCUT2D eigenvalue weighted by atomic mass is 10.2. The lowest BCUT2D eigenvalue weighted by Gasteiger charge is -2.23. The number of amides is 2. The van der Waals surface area contributed by atoms with Crippen molar-refractivity contribution in [3.05, 3.63) is 35.7 Å². The molecule has 2 rings (SSSR count). The Morgan fingerprint density at radius 2 is 1.91 bits per heavy atom. The smallest absolute Gasteiger partial charge is 0.271 e. The Bertz CT molecular complexity index is 932. The molecule has 0 saturated carbocycles. The lowest BCUT2D eigenvalue weighted by Crippen LogP contribution is -2.33. The first-order chi connectivity index (χ1) is 15.9. The molecule has 0 aliphatic heterocycles. The Morgan fingerprint density at radius 1 is 1.15 bits per heavy atom. The van der Waals surface area contributed by atoms with E-state index in [2.05, 4.69) is 25.8 Å². The first-order valence-corrected chi connectivity index (χ1v) is 11.3. The van der Waals surface area contributed by atoms with Crippen LogP contribution in [0.15, 0.2) is 24.3 Å². The Kier molecular flexibility index (Phi) is 10.4. The first-order valence-electron chi connectivity index (χ1n) is 11.3. The molecule has 10 heteroatoms. The van der Waals surface area contributed by atoms with Gasteiger partial charge in [0.1, 0.15) is 5.75 Å². The molecule has 33 heavy (non-hydrogen) atoms. The number of aromatic nitrogens is 2. The number of likely N-dealkylation sites (N-methyl/N-ethyl adjacent to an activating group) is 1. The predicted octanol–water partition coefficient (Wildman–Crippen LogP) is 1.83. The molecule has 2 amide bonds. The van der Waals surface area contributed by atoms with Crippen molar-refractivity contribution in [2.24, 2.45) is 5.73 Å². The number of nitrogens with one attached hydrogen (secondary N) is 3. The Balaban J connectivity index is 2.14. The fourth-order valence-corrected chi connectivity index (χ4v) is 3.25. The van der Waals surface area contributed by atoms with Crippen LogP contribution in [-0.2, 0) is 11.2 Å². The average molecular weight is 458 g/mol. The number of primary amides is 1. The van der Waals surface area contributed by atoms with E-state index in [1.54, 1.807) is 7.05 Å². The summed E-state index contributed by atoms with van der Waals surface area (Å²) in [5.41, 5.74) is 7.13. The van der Waals surface area contributed by atoms with E-state index in [-0.39, 0.29) is 11.6 Å². The monoisotopic (exact) mass is 457 g/mol. The van der Waals surface area contributed by atoms with E-state index in [4.69, 9.17) is 15.5 Å². The zero-order valence-electron chi connectivity index (χ0n) is 19.9. The third-order valence-electron chi connectivity index (χ3n) is 4.92. The Labute approximate surface area is 195 Å². The van der Waals surface area contributed by atoms with Gasteiger partial charge in [-0.3, -0.25) is 9.59 Å². The molecule has 0 atom stereocenters. The van der Waals surface area contributed by atoms with Gasteiger partial charge >= 0.3 is 0 Å². The summed E-state index contributed by atoms with van der Waals surface area (Å²) in [5.74, 6) is 1.02. The molecule has 0 unspecified atom stereocenters. The number of hydrogen-bond donors (Lipinski definition) is 4. The van der Waals surface area contributed by atoms with E-state index >= 15 is 0 Å². The minimum absolute atomic E-state index is 0.0479. The van der Waals surface area contributed by atoms with Gasteiger partial charge in [-0.15, -0.1) is 0 Å². The van der Waals surface area contributed by atoms with Gasteiger partial charge in [-0.25, -0.2) is 9.97 Å². The summed E-state index contributed by atoms with van der Waals surface area (Å²) < 4.78 is 5.79. The number of anilines is 3. The predicted molar refractivity (Wildman–Crippen MR) is 130 cm³/mol. The minimum Gasteiger partial charge on any atom is -0.493 e. The highest BCUT2D eigenvalue weighted by Crippen LogP contribution is 2.26. The van der Waals surface area contributed by atoms with Gasteiger partial charge in [-0.05, 0) is 45.9 Å². The molecule has 10 nitrogen and oxygen atoms in total. The average Bonchev–Trinajstić information content (AvgIpc) is 2.80. The largest absolute Gasteiger partial charge is 0.493 e. The van der Waals surface area contributed by atoms with Crippen molar-refractivity contribution < 1.29 is 14.3 Å². The number of nitrogens with zero attached hydrogens (tertiary/aromatic N) is 3. The molecular formula is C23H35N7O3. The maximum absolute atomic E-state index is 12.1. The minimum atomic E-state index is -0.640. The van der Waals surface area contributed by atoms with Crippen LogP contribution in [0, 0.1) is 0 Å². The standard InChI is InChI=1S/C23H35N7O3/c1-5-18-23(30(6-2)7-3)29-22(20(28-18)21(24)32)27-16-10-8-11-17(14-16)33-13-9-12-26-19(31)15-25-4/h8,10-11,14,25H,5-7,9,12-13,15H2,1-4H3,(H2,24,32)(H,26,31)(H,27,29). The van der Waals surface area contributed by atoms with Crippen molar-refractivity contribution >= 4 is 29.1 Å². The summed E-state index contributed by atoms with van der Waals surface area (Å²) in [6.45, 7) is 8.89. The number of carbonyl (C=O) groups is 2. The van der Waals surface area contributed by atoms with Crippen LogP contribution < -0.4 is 31.3 Å². The quantitative estimate of drug-likeness (QED) is 0.316. The second-order valence-electron chi connectivity index (χ2n) is 7.32. The number of ether oxygens (including phenoxy) is 1. The molecule has 0 spiro atoms. The highest BCUT2D eigenvalue weighted by molar-refractivity contribution is 5.96. The van der Waals surface area contributed by atoms with Crippen molar-refractivity contribution in [1.29, 1.82) is 0 Å². The number of hydrogen-bond acceptors (Lipinski definition) is 8. The van der Waals surface area contributed by atoms with Crippen LogP contribution >= 0.6 is 0 Å². The molecule has 1 aromatic heterocycles. The van der Waals surface area contributed by atoms with Crippen LogP contribution in [0.25, 0.3) is 0 Å². The van der Waals surface area contributed by atoms with E-state index in [0.29, 0.717) is 49.8 Å². The van der Waals surface area contributed by atoms with Crippen molar-refractivity contribution in [1.82, 2.24) is 20.6 Å². The molecule has 0 aliphatic rings. The molecule has 5 N–H and O–H groups in total. The van der Waals surface area contributed by atoms with Crippen molar-refractivity contribution in [3.8, 4) is 5.75 Å². The molecule has 2 aromatic rings. The zero-order valence-corrected chi connectivity index (χ0v) is 19.9. The Morgan fingerprint density at radius 3 is 2.55 bits per heavy atom. The number of aryl methyl sites for hydroxylation is 1. The van der Waals surface area contributed by atoms with Gasteiger partial charge in [-0.1, -0.05) is 13.0 Å². The SMILES string of the molecule is CCc1nc(C(N)=O)c(Nc2cccc(OCCCNC(=O)CNC)c2)nc1N(CC)CC. The van der Waals surface area contributed by atoms with Gasteiger partial charge in [0, 0.05) is 31.4 Å². The second kappa shape index (κ2) is 13.2. The van der Waals surface area contributed by atoms with E-state index in [1.807, 2.05) is 45.0 Å². The summed E-state index contributed by atoms with van der Waals surface area (Å²) in [6.07, 6.45) is 1.31.